The smallest absolute Gasteiger partial charge is 0.290 e. The molecule has 0 bridgehead atoms. The Morgan fingerprint density at radius 1 is 1.27 bits per heavy atom. The summed E-state index contributed by atoms with van der Waals surface area (Å²) in [7, 11) is 0. The minimum atomic E-state index is -0.0182. The standard InChI is InChI=1S/C20H26N2O4/c1-4-24-16-7-6-14-12(3)17(26-18(14)19(16)25-5-2)20(23)22-9-8-13-10-21-11-15(13)22/h6-7,13,15,21H,4-5,8-11H2,1-3H3/t13-,15+/m1/s1. The van der Waals surface area contributed by atoms with Crippen LogP contribution in [0.1, 0.15) is 36.4 Å². The van der Waals surface area contributed by atoms with Gasteiger partial charge >= 0.3 is 0 Å². The van der Waals surface area contributed by atoms with E-state index in [1.165, 1.54) is 0 Å². The quantitative estimate of drug-likeness (QED) is 0.890. The number of nitrogens with one attached hydrogen (secondary N) is 1. The van der Waals surface area contributed by atoms with Crippen LogP contribution in [0.4, 0.5) is 0 Å². The Labute approximate surface area is 153 Å². The molecule has 2 atom stereocenters. The van der Waals surface area contributed by atoms with Gasteiger partial charge in [-0.3, -0.25) is 4.79 Å². The first-order valence-electron chi connectivity index (χ1n) is 9.49. The van der Waals surface area contributed by atoms with Gasteiger partial charge < -0.3 is 24.1 Å². The molecule has 1 aromatic carbocycles. The van der Waals surface area contributed by atoms with Gasteiger partial charge in [-0.15, -0.1) is 0 Å². The van der Waals surface area contributed by atoms with Crippen molar-refractivity contribution in [3.05, 3.63) is 23.5 Å². The number of amides is 1. The topological polar surface area (TPSA) is 63.9 Å². The van der Waals surface area contributed by atoms with E-state index in [1.807, 2.05) is 37.8 Å². The van der Waals surface area contributed by atoms with Gasteiger partial charge in [0.15, 0.2) is 17.1 Å². The highest BCUT2D eigenvalue weighted by atomic mass is 16.5. The van der Waals surface area contributed by atoms with Crippen LogP contribution >= 0.6 is 0 Å². The fraction of sp³-hybridized carbons (Fsp3) is 0.550. The van der Waals surface area contributed by atoms with Gasteiger partial charge in [-0.05, 0) is 45.2 Å². The highest BCUT2D eigenvalue weighted by molar-refractivity contribution is 6.01. The predicted molar refractivity (Wildman–Crippen MR) is 99.1 cm³/mol. The molecule has 6 heteroatoms. The van der Waals surface area contributed by atoms with E-state index in [-0.39, 0.29) is 11.9 Å². The van der Waals surface area contributed by atoms with Crippen LogP contribution in [0, 0.1) is 12.8 Å². The van der Waals surface area contributed by atoms with Gasteiger partial charge in [0, 0.05) is 36.6 Å². The zero-order valence-corrected chi connectivity index (χ0v) is 15.6. The summed E-state index contributed by atoms with van der Waals surface area (Å²) in [5.41, 5.74) is 1.46. The maximum Gasteiger partial charge on any atom is 0.290 e. The first-order chi connectivity index (χ1) is 12.7. The summed E-state index contributed by atoms with van der Waals surface area (Å²) in [6.07, 6.45) is 1.06. The van der Waals surface area contributed by atoms with Crippen molar-refractivity contribution in [1.29, 1.82) is 0 Å². The van der Waals surface area contributed by atoms with Gasteiger partial charge in [0.05, 0.1) is 13.2 Å². The van der Waals surface area contributed by atoms with Crippen molar-refractivity contribution in [2.24, 2.45) is 5.92 Å². The van der Waals surface area contributed by atoms with E-state index in [1.54, 1.807) is 0 Å². The van der Waals surface area contributed by atoms with Gasteiger partial charge in [0.25, 0.3) is 5.91 Å². The molecular formula is C20H26N2O4. The van der Waals surface area contributed by atoms with Crippen molar-refractivity contribution in [1.82, 2.24) is 10.2 Å². The van der Waals surface area contributed by atoms with Gasteiger partial charge in [0.2, 0.25) is 5.75 Å². The Morgan fingerprint density at radius 2 is 2.08 bits per heavy atom. The van der Waals surface area contributed by atoms with Crippen LogP contribution in [0.25, 0.3) is 11.0 Å². The van der Waals surface area contributed by atoms with Crippen molar-refractivity contribution in [3.63, 3.8) is 0 Å². The van der Waals surface area contributed by atoms with E-state index in [2.05, 4.69) is 5.32 Å². The summed E-state index contributed by atoms with van der Waals surface area (Å²) in [5.74, 6) is 2.19. The second kappa shape index (κ2) is 6.83. The van der Waals surface area contributed by atoms with Crippen molar-refractivity contribution >= 4 is 16.9 Å². The molecule has 2 aliphatic rings. The number of fused-ring (bicyclic) bond motifs is 2. The predicted octanol–water partition coefficient (Wildman–Crippen LogP) is 2.97. The molecule has 1 N–H and O–H groups in total. The van der Waals surface area contributed by atoms with Crippen LogP contribution < -0.4 is 14.8 Å². The number of rotatable bonds is 5. The maximum absolute atomic E-state index is 13.2. The number of benzene rings is 1. The number of likely N-dealkylation sites (tertiary alicyclic amines) is 1. The Morgan fingerprint density at radius 3 is 2.85 bits per heavy atom. The molecule has 2 fully saturated rings. The zero-order chi connectivity index (χ0) is 18.3. The van der Waals surface area contributed by atoms with Crippen molar-refractivity contribution in [2.75, 3.05) is 32.8 Å². The van der Waals surface area contributed by atoms with Gasteiger partial charge in [-0.1, -0.05) is 0 Å². The number of nitrogens with zero attached hydrogens (tertiary/aromatic N) is 1. The molecule has 3 heterocycles. The lowest BCUT2D eigenvalue weighted by Crippen LogP contribution is -2.39. The van der Waals surface area contributed by atoms with E-state index in [4.69, 9.17) is 13.9 Å². The van der Waals surface area contributed by atoms with Crippen LogP contribution in [0.3, 0.4) is 0 Å². The van der Waals surface area contributed by atoms with Crippen molar-refractivity contribution in [2.45, 2.75) is 33.2 Å². The average Bonchev–Trinajstić information content (AvgIpc) is 3.31. The van der Waals surface area contributed by atoms with Gasteiger partial charge in [-0.25, -0.2) is 0 Å². The third-order valence-electron chi connectivity index (χ3n) is 5.51. The third kappa shape index (κ3) is 2.63. The summed E-state index contributed by atoms with van der Waals surface area (Å²) < 4.78 is 17.5. The molecular weight excluding hydrogens is 332 g/mol. The lowest BCUT2D eigenvalue weighted by molar-refractivity contribution is 0.0706. The van der Waals surface area contributed by atoms with Crippen molar-refractivity contribution in [3.8, 4) is 11.5 Å². The highest BCUT2D eigenvalue weighted by Crippen LogP contribution is 2.40. The van der Waals surface area contributed by atoms with Gasteiger partial charge in [0.1, 0.15) is 0 Å². The second-order valence-electron chi connectivity index (χ2n) is 6.96. The Hall–Kier alpha value is -2.21. The molecule has 26 heavy (non-hydrogen) atoms. The lowest BCUT2D eigenvalue weighted by Gasteiger charge is -2.22. The fourth-order valence-corrected chi connectivity index (χ4v) is 4.23. The Bertz CT molecular complexity index is 829. The number of ether oxygens (including phenoxy) is 2. The van der Waals surface area contributed by atoms with E-state index >= 15 is 0 Å². The average molecular weight is 358 g/mol. The molecule has 6 nitrogen and oxygen atoms in total. The first kappa shape index (κ1) is 17.2. The van der Waals surface area contributed by atoms with E-state index < -0.39 is 0 Å². The molecule has 2 saturated heterocycles. The summed E-state index contributed by atoms with van der Waals surface area (Å²) in [6, 6.07) is 4.11. The molecule has 0 spiro atoms. The largest absolute Gasteiger partial charge is 0.490 e. The third-order valence-corrected chi connectivity index (χ3v) is 5.51. The molecule has 0 saturated carbocycles. The Balaban J connectivity index is 1.75. The summed E-state index contributed by atoms with van der Waals surface area (Å²) >= 11 is 0. The molecule has 1 amide bonds. The Kier molecular flexibility index (Phi) is 4.53. The molecule has 1 aromatic heterocycles. The van der Waals surface area contributed by atoms with Gasteiger partial charge in [-0.2, -0.15) is 0 Å². The highest BCUT2D eigenvalue weighted by Gasteiger charge is 2.41. The number of aryl methyl sites for hydroxylation is 1. The molecule has 0 radical (unpaired) electrons. The van der Waals surface area contributed by atoms with E-state index in [9.17, 15) is 4.79 Å². The molecule has 140 valence electrons. The fourth-order valence-electron chi connectivity index (χ4n) is 4.23. The number of furan rings is 1. The maximum atomic E-state index is 13.2. The summed E-state index contributed by atoms with van der Waals surface area (Å²) in [6.45, 7) is 9.51. The number of carbonyl (C=O) groups is 1. The monoisotopic (exact) mass is 358 g/mol. The zero-order valence-electron chi connectivity index (χ0n) is 15.6. The van der Waals surface area contributed by atoms with Crippen LogP contribution in [-0.4, -0.2) is 49.7 Å². The van der Waals surface area contributed by atoms with Crippen LogP contribution in [0.15, 0.2) is 16.5 Å². The molecule has 0 unspecified atom stereocenters. The van der Waals surface area contributed by atoms with Crippen LogP contribution in [0.2, 0.25) is 0 Å². The summed E-state index contributed by atoms with van der Waals surface area (Å²) in [5, 5.41) is 4.29. The lowest BCUT2D eigenvalue weighted by atomic mass is 10.0. The van der Waals surface area contributed by atoms with E-state index in [0.29, 0.717) is 42.0 Å². The molecule has 4 rings (SSSR count). The molecule has 2 aromatic rings. The SMILES string of the molecule is CCOc1ccc2c(C)c(C(=O)N3CC[C@@H]4CNC[C@@H]43)oc2c1OCC. The molecule has 0 aliphatic carbocycles. The van der Waals surface area contributed by atoms with Crippen LogP contribution in [0.5, 0.6) is 11.5 Å². The van der Waals surface area contributed by atoms with Crippen molar-refractivity contribution < 1.29 is 18.7 Å². The van der Waals surface area contributed by atoms with Crippen LogP contribution in [-0.2, 0) is 0 Å². The normalized spacial score (nSPS) is 22.0. The first-order valence-corrected chi connectivity index (χ1v) is 9.49. The number of hydrogen-bond donors (Lipinski definition) is 1. The van der Waals surface area contributed by atoms with E-state index in [0.717, 1.165) is 37.0 Å². The summed E-state index contributed by atoms with van der Waals surface area (Å²) in [4.78, 5) is 15.2. The molecule has 2 aliphatic heterocycles. The minimum absolute atomic E-state index is 0.0182. The second-order valence-corrected chi connectivity index (χ2v) is 6.96. The number of carbonyl (C=O) groups excluding carboxylic acids is 1. The minimum Gasteiger partial charge on any atom is -0.490 e. The number of hydrogen-bond acceptors (Lipinski definition) is 5.